The Kier molecular flexibility index (Phi) is 6.45. The van der Waals surface area contributed by atoms with Crippen LogP contribution in [0.4, 0.5) is 5.69 Å². The zero-order valence-electron chi connectivity index (χ0n) is 15.5. The van der Waals surface area contributed by atoms with Crippen LogP contribution in [0.25, 0.3) is 0 Å². The van der Waals surface area contributed by atoms with Gasteiger partial charge < -0.3 is 14.8 Å². The molecule has 0 spiro atoms. The highest BCUT2D eigenvalue weighted by Gasteiger charge is 2.13. The van der Waals surface area contributed by atoms with Crippen molar-refractivity contribution in [1.82, 2.24) is 0 Å². The molecule has 0 heterocycles. The van der Waals surface area contributed by atoms with E-state index in [0.29, 0.717) is 19.6 Å². The highest BCUT2D eigenvalue weighted by atomic mass is 16.5. The van der Waals surface area contributed by atoms with Gasteiger partial charge in [-0.15, -0.1) is 0 Å². The van der Waals surface area contributed by atoms with Crippen LogP contribution in [0.15, 0.2) is 48.5 Å². The molecule has 134 valence electrons. The first-order valence-electron chi connectivity index (χ1n) is 8.64. The van der Waals surface area contributed by atoms with Gasteiger partial charge >= 0.3 is 0 Å². The summed E-state index contributed by atoms with van der Waals surface area (Å²) in [7, 11) is 0. The average Bonchev–Trinajstić information content (AvgIpc) is 2.56. The number of anilines is 1. The van der Waals surface area contributed by atoms with Crippen molar-refractivity contribution >= 4 is 11.6 Å². The SMILES string of the molecule is CCOc1ccc(NC(=O)CCOc2ccc(C(C)(C)C)cc2)cc1. The van der Waals surface area contributed by atoms with Gasteiger partial charge in [-0.25, -0.2) is 0 Å². The molecule has 2 rings (SSSR count). The molecule has 0 saturated carbocycles. The predicted molar refractivity (Wildman–Crippen MR) is 101 cm³/mol. The maximum Gasteiger partial charge on any atom is 0.227 e. The molecule has 1 amide bonds. The quantitative estimate of drug-likeness (QED) is 0.787. The van der Waals surface area contributed by atoms with E-state index in [4.69, 9.17) is 9.47 Å². The van der Waals surface area contributed by atoms with Crippen LogP contribution in [-0.2, 0) is 10.2 Å². The van der Waals surface area contributed by atoms with Crippen LogP contribution in [0.2, 0.25) is 0 Å². The molecule has 4 heteroatoms. The molecule has 0 bridgehead atoms. The zero-order chi connectivity index (χ0) is 18.3. The topological polar surface area (TPSA) is 47.6 Å². The number of nitrogens with one attached hydrogen (secondary N) is 1. The van der Waals surface area contributed by atoms with Crippen LogP contribution in [0, 0.1) is 0 Å². The summed E-state index contributed by atoms with van der Waals surface area (Å²) in [6.45, 7) is 9.43. The Bertz CT molecular complexity index is 670. The Morgan fingerprint density at radius 1 is 0.920 bits per heavy atom. The summed E-state index contributed by atoms with van der Waals surface area (Å²) in [6, 6.07) is 15.4. The molecule has 4 nitrogen and oxygen atoms in total. The van der Waals surface area contributed by atoms with Crippen molar-refractivity contribution in [2.45, 2.75) is 39.5 Å². The summed E-state index contributed by atoms with van der Waals surface area (Å²) in [5.74, 6) is 1.50. The Morgan fingerprint density at radius 3 is 2.04 bits per heavy atom. The fourth-order valence-corrected chi connectivity index (χ4v) is 2.34. The lowest BCUT2D eigenvalue weighted by molar-refractivity contribution is -0.116. The molecule has 2 aromatic carbocycles. The van der Waals surface area contributed by atoms with E-state index in [9.17, 15) is 4.79 Å². The minimum Gasteiger partial charge on any atom is -0.494 e. The van der Waals surface area contributed by atoms with E-state index in [1.165, 1.54) is 5.56 Å². The lowest BCUT2D eigenvalue weighted by Crippen LogP contribution is -2.15. The van der Waals surface area contributed by atoms with E-state index in [2.05, 4.69) is 38.2 Å². The van der Waals surface area contributed by atoms with Gasteiger partial charge in [0, 0.05) is 5.69 Å². The van der Waals surface area contributed by atoms with Crippen LogP contribution in [0.1, 0.15) is 39.7 Å². The van der Waals surface area contributed by atoms with Crippen LogP contribution < -0.4 is 14.8 Å². The number of amides is 1. The standard InChI is InChI=1S/C21H27NO3/c1-5-24-18-12-8-17(9-13-18)22-20(23)14-15-25-19-10-6-16(7-11-19)21(2,3)4/h6-13H,5,14-15H2,1-4H3,(H,22,23). The second-order valence-corrected chi connectivity index (χ2v) is 6.88. The van der Waals surface area contributed by atoms with Crippen molar-refractivity contribution < 1.29 is 14.3 Å². The molecule has 2 aromatic rings. The van der Waals surface area contributed by atoms with Gasteiger partial charge in [0.1, 0.15) is 11.5 Å². The van der Waals surface area contributed by atoms with Gasteiger partial charge in [0.15, 0.2) is 0 Å². The number of carbonyl (C=O) groups is 1. The molecule has 25 heavy (non-hydrogen) atoms. The number of hydrogen-bond donors (Lipinski definition) is 1. The summed E-state index contributed by atoms with van der Waals surface area (Å²) in [5.41, 5.74) is 2.13. The normalized spacial score (nSPS) is 11.0. The summed E-state index contributed by atoms with van der Waals surface area (Å²) < 4.78 is 11.0. The van der Waals surface area contributed by atoms with Crippen LogP contribution in [0.5, 0.6) is 11.5 Å². The van der Waals surface area contributed by atoms with Crippen molar-refractivity contribution in [3.8, 4) is 11.5 Å². The maximum absolute atomic E-state index is 12.0. The second-order valence-electron chi connectivity index (χ2n) is 6.88. The number of hydrogen-bond acceptors (Lipinski definition) is 3. The molecule has 0 aromatic heterocycles. The predicted octanol–water partition coefficient (Wildman–Crippen LogP) is 4.79. The molecule has 1 N–H and O–H groups in total. The van der Waals surface area contributed by atoms with Crippen molar-refractivity contribution in [3.63, 3.8) is 0 Å². The molecule has 0 aliphatic carbocycles. The molecule has 0 saturated heterocycles. The largest absolute Gasteiger partial charge is 0.494 e. The first kappa shape index (κ1) is 18.8. The summed E-state index contributed by atoms with van der Waals surface area (Å²) in [5, 5.41) is 2.85. The van der Waals surface area contributed by atoms with Crippen molar-refractivity contribution in [2.75, 3.05) is 18.5 Å². The Balaban J connectivity index is 1.76. The summed E-state index contributed by atoms with van der Waals surface area (Å²) in [6.07, 6.45) is 0.300. The van der Waals surface area contributed by atoms with E-state index < -0.39 is 0 Å². The molecular formula is C21H27NO3. The molecule has 0 aliphatic heterocycles. The fourth-order valence-electron chi connectivity index (χ4n) is 2.34. The van der Waals surface area contributed by atoms with Gasteiger partial charge in [0.2, 0.25) is 5.91 Å². The molecular weight excluding hydrogens is 314 g/mol. The van der Waals surface area contributed by atoms with Crippen LogP contribution in [0.3, 0.4) is 0 Å². The van der Waals surface area contributed by atoms with Gasteiger partial charge in [-0.3, -0.25) is 4.79 Å². The third kappa shape index (κ3) is 6.14. The molecule has 0 unspecified atom stereocenters. The van der Waals surface area contributed by atoms with Crippen molar-refractivity contribution in [3.05, 3.63) is 54.1 Å². The Hall–Kier alpha value is -2.49. The molecule has 0 atom stereocenters. The van der Waals surface area contributed by atoms with Gasteiger partial charge in [-0.1, -0.05) is 32.9 Å². The van der Waals surface area contributed by atoms with Gasteiger partial charge in [0.05, 0.1) is 19.6 Å². The Morgan fingerprint density at radius 2 is 1.48 bits per heavy atom. The molecule has 0 aliphatic rings. The zero-order valence-corrected chi connectivity index (χ0v) is 15.5. The maximum atomic E-state index is 12.0. The lowest BCUT2D eigenvalue weighted by Gasteiger charge is -2.19. The smallest absolute Gasteiger partial charge is 0.227 e. The van der Waals surface area contributed by atoms with Gasteiger partial charge in [-0.05, 0) is 54.3 Å². The highest BCUT2D eigenvalue weighted by Crippen LogP contribution is 2.24. The third-order valence-electron chi connectivity index (χ3n) is 3.77. The van der Waals surface area contributed by atoms with Crippen molar-refractivity contribution in [2.24, 2.45) is 0 Å². The van der Waals surface area contributed by atoms with E-state index in [-0.39, 0.29) is 11.3 Å². The minimum atomic E-state index is -0.0736. The summed E-state index contributed by atoms with van der Waals surface area (Å²) >= 11 is 0. The lowest BCUT2D eigenvalue weighted by atomic mass is 9.87. The fraction of sp³-hybridized carbons (Fsp3) is 0.381. The van der Waals surface area contributed by atoms with Gasteiger partial charge in [0.25, 0.3) is 0 Å². The Labute approximate surface area is 150 Å². The number of ether oxygens (including phenoxy) is 2. The molecule has 0 radical (unpaired) electrons. The number of benzene rings is 2. The monoisotopic (exact) mass is 341 g/mol. The van der Waals surface area contributed by atoms with E-state index in [1.807, 2.05) is 43.3 Å². The van der Waals surface area contributed by atoms with E-state index in [1.54, 1.807) is 0 Å². The van der Waals surface area contributed by atoms with Gasteiger partial charge in [-0.2, -0.15) is 0 Å². The van der Waals surface area contributed by atoms with E-state index in [0.717, 1.165) is 17.2 Å². The number of rotatable bonds is 7. The second kappa shape index (κ2) is 8.56. The third-order valence-corrected chi connectivity index (χ3v) is 3.77. The van der Waals surface area contributed by atoms with E-state index >= 15 is 0 Å². The van der Waals surface area contributed by atoms with Crippen molar-refractivity contribution in [1.29, 1.82) is 0 Å². The first-order chi connectivity index (χ1) is 11.9. The average molecular weight is 341 g/mol. The minimum absolute atomic E-state index is 0.0736. The highest BCUT2D eigenvalue weighted by molar-refractivity contribution is 5.90. The molecule has 0 fully saturated rings. The summed E-state index contributed by atoms with van der Waals surface area (Å²) in [4.78, 5) is 12.0. The first-order valence-corrected chi connectivity index (χ1v) is 8.64. The van der Waals surface area contributed by atoms with Crippen LogP contribution in [-0.4, -0.2) is 19.1 Å². The number of carbonyl (C=O) groups excluding carboxylic acids is 1. The van der Waals surface area contributed by atoms with Crippen LogP contribution >= 0.6 is 0 Å².